The maximum atomic E-state index is 6.22. The number of thiophene rings is 1. The Labute approximate surface area is 126 Å². The zero-order valence-electron chi connectivity index (χ0n) is 11.2. The molecule has 0 bridgehead atoms. The Morgan fingerprint density at radius 2 is 2.05 bits per heavy atom. The summed E-state index contributed by atoms with van der Waals surface area (Å²) in [5.74, 6) is 6.09. The quantitative estimate of drug-likeness (QED) is 0.720. The molecule has 2 heterocycles. The lowest BCUT2D eigenvalue weighted by Crippen LogP contribution is -2.07. The van der Waals surface area contributed by atoms with Crippen LogP contribution in [0.25, 0.3) is 0 Å². The minimum Gasteiger partial charge on any atom is -0.473 e. The van der Waals surface area contributed by atoms with E-state index >= 15 is 0 Å². The Balaban J connectivity index is 2.27. The van der Waals surface area contributed by atoms with Gasteiger partial charge in [0, 0.05) is 10.3 Å². The Hall–Kier alpha value is -1.02. The van der Waals surface area contributed by atoms with Gasteiger partial charge in [0.25, 0.3) is 5.19 Å². The highest BCUT2D eigenvalue weighted by molar-refractivity contribution is 7.16. The third-order valence-corrected chi connectivity index (χ3v) is 4.99. The largest absolute Gasteiger partial charge is 0.473 e. The topological polar surface area (TPSA) is 22.1 Å². The summed E-state index contributed by atoms with van der Waals surface area (Å²) in [5.41, 5.74) is 1.67. The zero-order chi connectivity index (χ0) is 14.0. The molecule has 0 atom stereocenters. The van der Waals surface area contributed by atoms with Crippen molar-refractivity contribution >= 4 is 34.3 Å². The zero-order valence-corrected chi connectivity index (χ0v) is 13.6. The highest BCUT2D eigenvalue weighted by atomic mass is 35.5. The van der Waals surface area contributed by atoms with Crippen molar-refractivity contribution < 1.29 is 4.74 Å². The van der Waals surface area contributed by atoms with Crippen molar-refractivity contribution in [3.63, 3.8) is 0 Å². The molecule has 0 aromatic carbocycles. The summed E-state index contributed by atoms with van der Waals surface area (Å²) in [4.78, 5) is 5.45. The number of methoxy groups -OCH3 is 1. The molecule has 0 saturated heterocycles. The normalized spacial score (nSPS) is 11.0. The van der Waals surface area contributed by atoms with Crippen LogP contribution in [-0.2, 0) is 5.41 Å². The molecule has 100 valence electrons. The molecule has 0 radical (unpaired) electrons. The van der Waals surface area contributed by atoms with Crippen LogP contribution >= 0.6 is 34.3 Å². The number of aromatic nitrogens is 1. The van der Waals surface area contributed by atoms with Crippen molar-refractivity contribution in [3.05, 3.63) is 31.9 Å². The van der Waals surface area contributed by atoms with Crippen molar-refractivity contribution in [3.8, 4) is 17.0 Å². The molecule has 0 N–H and O–H groups in total. The molecule has 0 aliphatic heterocycles. The van der Waals surface area contributed by atoms with Gasteiger partial charge in [-0.15, -0.1) is 11.3 Å². The molecule has 0 unspecified atom stereocenters. The monoisotopic (exact) mass is 311 g/mol. The highest BCUT2D eigenvalue weighted by Gasteiger charge is 2.18. The Morgan fingerprint density at radius 3 is 2.58 bits per heavy atom. The van der Waals surface area contributed by atoms with E-state index in [0.29, 0.717) is 10.9 Å². The number of ether oxygens (including phenoxy) is 1. The number of hydrogen-bond donors (Lipinski definition) is 0. The molecule has 5 heteroatoms. The van der Waals surface area contributed by atoms with Crippen molar-refractivity contribution in [2.75, 3.05) is 7.11 Å². The molecule has 0 aliphatic rings. The first kappa shape index (κ1) is 14.4. The molecule has 0 aliphatic carbocycles. The van der Waals surface area contributed by atoms with E-state index in [-0.39, 0.29) is 5.41 Å². The van der Waals surface area contributed by atoms with E-state index in [9.17, 15) is 0 Å². The molecular formula is C14H14ClNOS2. The first-order valence-corrected chi connectivity index (χ1v) is 7.79. The molecule has 2 rings (SSSR count). The standard InChI is InChI=1S/C14H14ClNOS2/c1-14(2,3)11-7-9(12(15)19-11)5-6-10-8-18-13(16-10)17-4/h7-8H,1-4H3. The Kier molecular flexibility index (Phi) is 4.19. The van der Waals surface area contributed by atoms with Gasteiger partial charge in [-0.05, 0) is 17.4 Å². The van der Waals surface area contributed by atoms with Crippen LogP contribution in [0.2, 0.25) is 4.34 Å². The first-order valence-electron chi connectivity index (χ1n) is 5.71. The Morgan fingerprint density at radius 1 is 1.32 bits per heavy atom. The minimum atomic E-state index is 0.0953. The fourth-order valence-electron chi connectivity index (χ4n) is 1.36. The maximum absolute atomic E-state index is 6.22. The van der Waals surface area contributed by atoms with E-state index in [1.165, 1.54) is 16.2 Å². The summed E-state index contributed by atoms with van der Waals surface area (Å²) in [6.07, 6.45) is 0. The van der Waals surface area contributed by atoms with Crippen LogP contribution in [0, 0.1) is 11.8 Å². The van der Waals surface area contributed by atoms with Crippen molar-refractivity contribution in [2.24, 2.45) is 0 Å². The van der Waals surface area contributed by atoms with Gasteiger partial charge in [0.15, 0.2) is 0 Å². The van der Waals surface area contributed by atoms with Gasteiger partial charge >= 0.3 is 0 Å². The Bertz CT molecular complexity index is 640. The minimum absolute atomic E-state index is 0.0953. The number of halogens is 1. The van der Waals surface area contributed by atoms with Crippen LogP contribution < -0.4 is 4.74 Å². The van der Waals surface area contributed by atoms with Gasteiger partial charge in [0.2, 0.25) is 0 Å². The maximum Gasteiger partial charge on any atom is 0.274 e. The summed E-state index contributed by atoms with van der Waals surface area (Å²) >= 11 is 9.24. The molecule has 0 fully saturated rings. The van der Waals surface area contributed by atoms with Crippen LogP contribution in [0.3, 0.4) is 0 Å². The second kappa shape index (κ2) is 5.54. The van der Waals surface area contributed by atoms with Crippen LogP contribution in [0.4, 0.5) is 0 Å². The van der Waals surface area contributed by atoms with Gasteiger partial charge in [0.1, 0.15) is 10.0 Å². The molecule has 19 heavy (non-hydrogen) atoms. The van der Waals surface area contributed by atoms with Crippen LogP contribution in [0.5, 0.6) is 5.19 Å². The van der Waals surface area contributed by atoms with Gasteiger partial charge in [-0.2, -0.15) is 4.98 Å². The van der Waals surface area contributed by atoms with E-state index in [1.54, 1.807) is 18.4 Å². The summed E-state index contributed by atoms with van der Waals surface area (Å²) in [6.45, 7) is 6.49. The molecule has 0 spiro atoms. The molecule has 0 amide bonds. The van der Waals surface area contributed by atoms with Gasteiger partial charge in [-0.1, -0.05) is 49.6 Å². The predicted octanol–water partition coefficient (Wildman–Crippen LogP) is 4.56. The fraction of sp³-hybridized carbons (Fsp3) is 0.357. The number of nitrogens with zero attached hydrogens (tertiary/aromatic N) is 1. The third-order valence-electron chi connectivity index (χ3n) is 2.41. The average molecular weight is 312 g/mol. The van der Waals surface area contributed by atoms with E-state index < -0.39 is 0 Å². The molecule has 2 nitrogen and oxygen atoms in total. The van der Waals surface area contributed by atoms with E-state index in [4.69, 9.17) is 16.3 Å². The number of thiazole rings is 1. The predicted molar refractivity (Wildman–Crippen MR) is 82.7 cm³/mol. The summed E-state index contributed by atoms with van der Waals surface area (Å²) in [6, 6.07) is 2.06. The average Bonchev–Trinajstić information content (AvgIpc) is 2.92. The van der Waals surface area contributed by atoms with Crippen LogP contribution in [0.15, 0.2) is 11.4 Å². The van der Waals surface area contributed by atoms with Gasteiger partial charge < -0.3 is 4.74 Å². The second-order valence-corrected chi connectivity index (χ2v) is 7.48. The van der Waals surface area contributed by atoms with Gasteiger partial charge in [0.05, 0.1) is 12.7 Å². The number of hydrogen-bond acceptors (Lipinski definition) is 4. The molecule has 0 saturated carbocycles. The van der Waals surface area contributed by atoms with E-state index in [1.807, 2.05) is 5.38 Å². The highest BCUT2D eigenvalue weighted by Crippen LogP contribution is 2.35. The summed E-state index contributed by atoms with van der Waals surface area (Å²) < 4.78 is 5.77. The van der Waals surface area contributed by atoms with E-state index in [2.05, 4.69) is 43.7 Å². The second-order valence-electron chi connectivity index (χ2n) is 5.00. The van der Waals surface area contributed by atoms with Crippen LogP contribution in [0.1, 0.15) is 36.9 Å². The fourth-order valence-corrected chi connectivity index (χ4v) is 3.18. The molecular weight excluding hydrogens is 298 g/mol. The van der Waals surface area contributed by atoms with Crippen molar-refractivity contribution in [2.45, 2.75) is 26.2 Å². The lowest BCUT2D eigenvalue weighted by molar-refractivity contribution is 0.411. The molecule has 2 aromatic rings. The number of rotatable bonds is 1. The third kappa shape index (κ3) is 3.50. The lowest BCUT2D eigenvalue weighted by atomic mass is 9.94. The molecule has 2 aromatic heterocycles. The van der Waals surface area contributed by atoms with Gasteiger partial charge in [-0.25, -0.2) is 0 Å². The lowest BCUT2D eigenvalue weighted by Gasteiger charge is -2.14. The summed E-state index contributed by atoms with van der Waals surface area (Å²) in [5, 5.41) is 2.49. The SMILES string of the molecule is COc1nc(C#Cc2cc(C(C)(C)C)sc2Cl)cs1. The smallest absolute Gasteiger partial charge is 0.274 e. The first-order chi connectivity index (χ1) is 8.90. The van der Waals surface area contributed by atoms with Crippen molar-refractivity contribution in [1.29, 1.82) is 0 Å². The van der Waals surface area contributed by atoms with Crippen molar-refractivity contribution in [1.82, 2.24) is 4.98 Å². The van der Waals surface area contributed by atoms with Crippen LogP contribution in [-0.4, -0.2) is 12.1 Å². The van der Waals surface area contributed by atoms with E-state index in [0.717, 1.165) is 9.90 Å². The summed E-state index contributed by atoms with van der Waals surface area (Å²) in [7, 11) is 1.60. The van der Waals surface area contributed by atoms with Gasteiger partial charge in [-0.3, -0.25) is 0 Å².